The smallest absolute Gasteiger partial charge is 0.226 e. The summed E-state index contributed by atoms with van der Waals surface area (Å²) in [6, 6.07) is 14.3. The van der Waals surface area contributed by atoms with E-state index in [2.05, 4.69) is 28.1 Å². The first-order valence-electron chi connectivity index (χ1n) is 18.3. The lowest BCUT2D eigenvalue weighted by atomic mass is 9.71. The number of pyridine rings is 1. The van der Waals surface area contributed by atoms with Gasteiger partial charge in [0, 0.05) is 71.2 Å². The number of hydrogen-bond donors (Lipinski definition) is 1. The first kappa shape index (κ1) is 33.1. The molecule has 8 nitrogen and oxygen atoms in total. The van der Waals surface area contributed by atoms with Crippen molar-refractivity contribution in [3.05, 3.63) is 63.1 Å². The number of nitriles is 2. The number of aryl methyl sites for hydroxylation is 2. The molecule has 1 amide bonds. The first-order valence-corrected chi connectivity index (χ1v) is 19.0. The van der Waals surface area contributed by atoms with Crippen LogP contribution in [0, 0.1) is 52.7 Å². The monoisotopic (exact) mass is 724 g/mol. The number of aromatic nitrogens is 2. The number of halogens is 3. The molecule has 4 aromatic rings. The maximum absolute atomic E-state index is 17.2. The highest BCUT2D eigenvalue weighted by atomic mass is 35.5. The van der Waals surface area contributed by atoms with Gasteiger partial charge in [-0.1, -0.05) is 41.8 Å². The topological polar surface area (TPSA) is 107 Å². The van der Waals surface area contributed by atoms with Crippen LogP contribution >= 0.6 is 23.2 Å². The molecule has 6 fully saturated rings. The molecular formula is C40H39Cl2FN6O2. The number of amides is 1. The van der Waals surface area contributed by atoms with Gasteiger partial charge in [-0.05, 0) is 75.1 Å². The fourth-order valence-electron chi connectivity index (χ4n) is 9.27. The average Bonchev–Trinajstić information content (AvgIpc) is 3.40. The van der Waals surface area contributed by atoms with Gasteiger partial charge in [0.05, 0.1) is 57.9 Å². The van der Waals surface area contributed by atoms with Crippen molar-refractivity contribution in [3.8, 4) is 23.3 Å². The van der Waals surface area contributed by atoms with Crippen molar-refractivity contribution >= 4 is 50.9 Å². The van der Waals surface area contributed by atoms with Crippen molar-refractivity contribution in [1.29, 1.82) is 10.5 Å². The second kappa shape index (κ2) is 12.5. The molecule has 11 heteroatoms. The van der Waals surface area contributed by atoms with Gasteiger partial charge in [-0.3, -0.25) is 4.79 Å². The van der Waals surface area contributed by atoms with Crippen molar-refractivity contribution in [1.82, 2.24) is 19.8 Å². The molecule has 3 saturated heterocycles. The third-order valence-electron chi connectivity index (χ3n) is 12.4. The molecule has 0 spiro atoms. The largest absolute Gasteiger partial charge is 0.375 e. The normalized spacial score (nSPS) is 26.2. The number of carbonyl (C=O) groups is 1. The number of rotatable bonds is 9. The molecule has 262 valence electrons. The Morgan fingerprint density at radius 2 is 2.00 bits per heavy atom. The van der Waals surface area contributed by atoms with E-state index in [0.29, 0.717) is 64.7 Å². The van der Waals surface area contributed by atoms with Crippen LogP contribution in [-0.2, 0) is 16.0 Å². The van der Waals surface area contributed by atoms with E-state index in [0.717, 1.165) is 61.7 Å². The summed E-state index contributed by atoms with van der Waals surface area (Å²) in [7, 11) is 0. The van der Waals surface area contributed by atoms with Crippen LogP contribution in [0.4, 0.5) is 4.39 Å². The number of nitrogens with zero attached hydrogens (tertiary/aromatic N) is 5. The van der Waals surface area contributed by atoms with Crippen molar-refractivity contribution in [3.63, 3.8) is 0 Å². The molecule has 51 heavy (non-hydrogen) atoms. The Balaban J connectivity index is 1.23. The Bertz CT molecular complexity index is 2180. The molecular weight excluding hydrogens is 686 g/mol. The van der Waals surface area contributed by atoms with Gasteiger partial charge in [-0.2, -0.15) is 10.5 Å². The number of hydrogen-bond acceptors (Lipinski definition) is 6. The molecule has 5 atom stereocenters. The van der Waals surface area contributed by atoms with Crippen molar-refractivity contribution in [2.75, 3.05) is 19.7 Å². The van der Waals surface area contributed by atoms with E-state index in [1.54, 1.807) is 18.2 Å². The van der Waals surface area contributed by atoms with Gasteiger partial charge in [0.2, 0.25) is 5.91 Å². The maximum Gasteiger partial charge on any atom is 0.226 e. The van der Waals surface area contributed by atoms with Gasteiger partial charge in [0.15, 0.2) is 5.82 Å². The minimum Gasteiger partial charge on any atom is -0.375 e. The van der Waals surface area contributed by atoms with Crippen LogP contribution in [0.3, 0.4) is 0 Å². The average molecular weight is 726 g/mol. The first-order chi connectivity index (χ1) is 24.7. The minimum absolute atomic E-state index is 0.0421. The van der Waals surface area contributed by atoms with Crippen LogP contribution in [0.2, 0.25) is 10.0 Å². The van der Waals surface area contributed by atoms with Crippen LogP contribution in [0.1, 0.15) is 80.4 Å². The van der Waals surface area contributed by atoms with Gasteiger partial charge in [0.25, 0.3) is 0 Å². The summed E-state index contributed by atoms with van der Waals surface area (Å²) in [5, 5.41) is 25.4. The van der Waals surface area contributed by atoms with Crippen molar-refractivity contribution in [2.45, 2.75) is 88.9 Å². The lowest BCUT2D eigenvalue weighted by Gasteiger charge is -2.39. The van der Waals surface area contributed by atoms with E-state index in [-0.39, 0.29) is 53.0 Å². The van der Waals surface area contributed by atoms with E-state index < -0.39 is 11.2 Å². The van der Waals surface area contributed by atoms with E-state index in [1.807, 2.05) is 17.9 Å². The maximum atomic E-state index is 17.2. The fraction of sp³-hybridized carbons (Fsp3) is 0.500. The SMILES string of the molecule is Cc1nc2c(F)c(-c3cccc(Cl)c3Cl)c(CCC#N)cc2c2c1cc(C1CC(OCC3(C#N)CCC3)CN1C(=O)C1CC1)n2C1C2CNC1C2. The van der Waals surface area contributed by atoms with Crippen LogP contribution in [-0.4, -0.2) is 52.2 Å². The quantitative estimate of drug-likeness (QED) is 0.186. The molecule has 3 saturated carbocycles. The van der Waals surface area contributed by atoms with Gasteiger partial charge >= 0.3 is 0 Å². The highest BCUT2D eigenvalue weighted by Crippen LogP contribution is 2.51. The predicted octanol–water partition coefficient (Wildman–Crippen LogP) is 8.36. The van der Waals surface area contributed by atoms with E-state index >= 15 is 4.39 Å². The molecule has 2 aromatic heterocycles. The van der Waals surface area contributed by atoms with E-state index in [4.69, 9.17) is 32.9 Å². The Kier molecular flexibility index (Phi) is 8.09. The zero-order chi connectivity index (χ0) is 35.2. The molecule has 2 bridgehead atoms. The molecule has 0 radical (unpaired) electrons. The number of fused-ring (bicyclic) bond motifs is 4. The molecule has 1 N–H and O–H groups in total. The molecule has 10 rings (SSSR count). The summed E-state index contributed by atoms with van der Waals surface area (Å²) in [5.41, 5.74) is 3.94. The summed E-state index contributed by atoms with van der Waals surface area (Å²) in [6.45, 7) is 3.72. The standard InChI is InChI=1S/C40H39Cl2FN6O2/c1-21-27-16-32(31-15-25(18-48(31)39(50)22-8-9-22)51-20-40(19-45)10-4-11-40)49(37-24-14-30(37)46-17-24)38(27)28-13-23(5-3-12-44)33(35(43)36(28)47-21)26-6-2-7-29(41)34(26)42/h2,6-7,13,16,22,24-25,30-31,37,46H,3-5,8-11,14-15,17-18,20H2,1H3. The van der Waals surface area contributed by atoms with Crippen LogP contribution in [0.15, 0.2) is 30.3 Å². The molecule has 3 aliphatic heterocycles. The number of carbonyl (C=O) groups excluding carboxylic acids is 1. The van der Waals surface area contributed by atoms with Crippen LogP contribution in [0.25, 0.3) is 32.9 Å². The summed E-state index contributed by atoms with van der Waals surface area (Å²) in [6.07, 6.45) is 6.62. The van der Waals surface area contributed by atoms with Gasteiger partial charge in [0.1, 0.15) is 5.52 Å². The summed E-state index contributed by atoms with van der Waals surface area (Å²) in [5.74, 6) is 0.139. The number of benzene rings is 2. The Morgan fingerprint density at radius 1 is 1.18 bits per heavy atom. The fourth-order valence-corrected chi connectivity index (χ4v) is 9.67. The van der Waals surface area contributed by atoms with Crippen LogP contribution in [0.5, 0.6) is 0 Å². The van der Waals surface area contributed by atoms with Gasteiger partial charge < -0.3 is 19.5 Å². The number of ether oxygens (including phenoxy) is 1. The molecule has 2 aromatic carbocycles. The second-order valence-corrected chi connectivity index (χ2v) is 16.3. The summed E-state index contributed by atoms with van der Waals surface area (Å²) < 4.78 is 26.1. The van der Waals surface area contributed by atoms with Crippen LogP contribution < -0.4 is 5.32 Å². The number of likely N-dealkylation sites (tertiary alicyclic amines) is 1. The molecule has 6 aliphatic rings. The Labute approximate surface area is 306 Å². The summed E-state index contributed by atoms with van der Waals surface area (Å²) in [4.78, 5) is 20.9. The minimum atomic E-state index is -0.485. The predicted molar refractivity (Wildman–Crippen MR) is 194 cm³/mol. The third kappa shape index (κ3) is 5.26. The van der Waals surface area contributed by atoms with Gasteiger partial charge in [-0.25, -0.2) is 9.37 Å². The van der Waals surface area contributed by atoms with E-state index in [9.17, 15) is 15.3 Å². The number of nitrogens with one attached hydrogen (secondary N) is 1. The van der Waals surface area contributed by atoms with Gasteiger partial charge in [-0.15, -0.1) is 0 Å². The lowest BCUT2D eigenvalue weighted by Crippen LogP contribution is -2.41. The van der Waals surface area contributed by atoms with E-state index in [1.165, 1.54) is 0 Å². The Hall–Kier alpha value is -3.73. The zero-order valence-corrected chi connectivity index (χ0v) is 30.0. The van der Waals surface area contributed by atoms with Crippen molar-refractivity contribution in [2.24, 2.45) is 17.3 Å². The highest BCUT2D eigenvalue weighted by Gasteiger charge is 2.51. The third-order valence-corrected chi connectivity index (χ3v) is 13.2. The van der Waals surface area contributed by atoms with Crippen molar-refractivity contribution < 1.29 is 13.9 Å². The highest BCUT2D eigenvalue weighted by molar-refractivity contribution is 6.43. The molecule has 3 aliphatic carbocycles. The lowest BCUT2D eigenvalue weighted by molar-refractivity contribution is -0.134. The Morgan fingerprint density at radius 3 is 2.67 bits per heavy atom. The summed E-state index contributed by atoms with van der Waals surface area (Å²) >= 11 is 13.1. The zero-order valence-electron chi connectivity index (χ0n) is 28.5. The molecule has 5 heterocycles. The molecule has 5 unspecified atom stereocenters. The second-order valence-electron chi connectivity index (χ2n) is 15.5.